The first kappa shape index (κ1) is 17.5. The molecule has 1 saturated heterocycles. The van der Waals surface area contributed by atoms with Gasteiger partial charge in [0, 0.05) is 36.9 Å². The monoisotopic (exact) mass is 415 g/mol. The molecule has 1 aliphatic heterocycles. The van der Waals surface area contributed by atoms with Gasteiger partial charge in [0.25, 0.3) is 0 Å². The van der Waals surface area contributed by atoms with Gasteiger partial charge in [-0.2, -0.15) is 9.61 Å². The molecule has 0 aliphatic carbocycles. The van der Waals surface area contributed by atoms with Gasteiger partial charge in [0.15, 0.2) is 0 Å². The van der Waals surface area contributed by atoms with E-state index in [4.69, 9.17) is 16.0 Å². The van der Waals surface area contributed by atoms with Crippen molar-refractivity contribution in [3.8, 4) is 5.88 Å². The molecule has 144 valence electrons. The minimum Gasteiger partial charge on any atom is -0.492 e. The molecule has 1 fully saturated rings. The van der Waals surface area contributed by atoms with Crippen LogP contribution in [0.5, 0.6) is 5.88 Å². The zero-order valence-electron chi connectivity index (χ0n) is 14.9. The number of hydrogen-bond acceptors (Lipinski definition) is 7. The summed E-state index contributed by atoms with van der Waals surface area (Å²) >= 11 is 7.58. The van der Waals surface area contributed by atoms with Crippen molar-refractivity contribution in [2.24, 2.45) is 0 Å². The van der Waals surface area contributed by atoms with Gasteiger partial charge in [-0.3, -0.25) is 4.90 Å². The van der Waals surface area contributed by atoms with E-state index in [2.05, 4.69) is 25.9 Å². The van der Waals surface area contributed by atoms with Crippen LogP contribution in [0.2, 0.25) is 5.02 Å². The van der Waals surface area contributed by atoms with Crippen molar-refractivity contribution in [3.63, 3.8) is 0 Å². The van der Waals surface area contributed by atoms with Gasteiger partial charge in [0.05, 0.1) is 11.1 Å². The Morgan fingerprint density at radius 2 is 2.00 bits per heavy atom. The van der Waals surface area contributed by atoms with E-state index in [0.717, 1.165) is 47.5 Å². The van der Waals surface area contributed by atoms with Crippen LogP contribution in [0, 0.1) is 0 Å². The molecule has 1 aliphatic rings. The zero-order chi connectivity index (χ0) is 19.1. The van der Waals surface area contributed by atoms with E-state index in [1.54, 1.807) is 6.26 Å². The molecule has 9 heteroatoms. The summed E-state index contributed by atoms with van der Waals surface area (Å²) < 4.78 is 7.20. The third kappa shape index (κ3) is 3.03. The van der Waals surface area contributed by atoms with Crippen LogP contribution < -0.4 is 4.90 Å². The number of piperazine rings is 1. The molecular weight excluding hydrogens is 398 g/mol. The minimum absolute atomic E-state index is 0.121. The van der Waals surface area contributed by atoms with E-state index in [9.17, 15) is 5.11 Å². The van der Waals surface area contributed by atoms with Gasteiger partial charge in [0.1, 0.15) is 18.1 Å². The second-order valence-electron chi connectivity index (χ2n) is 6.67. The summed E-state index contributed by atoms with van der Waals surface area (Å²) in [6.45, 7) is 3.37. The average Bonchev–Trinajstić information content (AvgIpc) is 3.44. The van der Waals surface area contributed by atoms with Crippen LogP contribution in [-0.4, -0.2) is 50.8 Å². The number of anilines is 1. The number of aromatic nitrogens is 3. The van der Waals surface area contributed by atoms with E-state index >= 15 is 0 Å². The Bertz CT molecular complexity index is 1090. The molecule has 1 aromatic carbocycles. The Morgan fingerprint density at radius 3 is 2.71 bits per heavy atom. The molecule has 7 nitrogen and oxygen atoms in total. The van der Waals surface area contributed by atoms with Crippen molar-refractivity contribution in [3.05, 3.63) is 64.6 Å². The lowest BCUT2D eigenvalue weighted by Gasteiger charge is -2.39. The van der Waals surface area contributed by atoms with Crippen LogP contribution in [0.3, 0.4) is 0 Å². The molecular formula is C19H18ClN5O2S. The van der Waals surface area contributed by atoms with Gasteiger partial charge >= 0.3 is 0 Å². The van der Waals surface area contributed by atoms with E-state index in [1.165, 1.54) is 22.2 Å². The fourth-order valence-electron chi connectivity index (χ4n) is 3.71. The highest BCUT2D eigenvalue weighted by Crippen LogP contribution is 2.40. The predicted octanol–water partition coefficient (Wildman–Crippen LogP) is 3.65. The van der Waals surface area contributed by atoms with Gasteiger partial charge in [-0.05, 0) is 30.3 Å². The predicted molar refractivity (Wildman–Crippen MR) is 108 cm³/mol. The van der Waals surface area contributed by atoms with Crippen molar-refractivity contribution in [1.29, 1.82) is 0 Å². The number of furan rings is 1. The third-order valence-corrected chi connectivity index (χ3v) is 6.37. The number of halogens is 1. The molecule has 0 amide bonds. The summed E-state index contributed by atoms with van der Waals surface area (Å²) in [5, 5.41) is 15.6. The van der Waals surface area contributed by atoms with E-state index < -0.39 is 0 Å². The molecule has 4 aromatic rings. The highest BCUT2D eigenvalue weighted by molar-refractivity contribution is 7.17. The number of fused-ring (bicyclic) bond motifs is 1. The maximum atomic E-state index is 10.7. The maximum absolute atomic E-state index is 10.7. The van der Waals surface area contributed by atoms with Gasteiger partial charge in [-0.15, -0.1) is 0 Å². The number of nitrogens with zero attached hydrogens (tertiary/aromatic N) is 5. The fraction of sp³-hybridized carbons (Fsp3) is 0.263. The third-order valence-electron chi connectivity index (χ3n) is 5.05. The Balaban J connectivity index is 1.43. The molecule has 28 heavy (non-hydrogen) atoms. The Kier molecular flexibility index (Phi) is 4.46. The number of rotatable bonds is 4. The van der Waals surface area contributed by atoms with Crippen LogP contribution in [-0.2, 0) is 0 Å². The van der Waals surface area contributed by atoms with Crippen LogP contribution >= 0.6 is 22.9 Å². The molecule has 1 N–H and O–H groups in total. The van der Waals surface area contributed by atoms with E-state index in [-0.39, 0.29) is 11.9 Å². The topological polar surface area (TPSA) is 70.0 Å². The smallest absolute Gasteiger partial charge is 0.230 e. The number of hydrogen-bond donors (Lipinski definition) is 1. The summed E-state index contributed by atoms with van der Waals surface area (Å²) in [5.74, 6) is 0.923. The molecule has 0 unspecified atom stereocenters. The van der Waals surface area contributed by atoms with Crippen molar-refractivity contribution < 1.29 is 9.52 Å². The van der Waals surface area contributed by atoms with E-state index in [0.29, 0.717) is 4.96 Å². The van der Waals surface area contributed by atoms with Crippen molar-refractivity contribution in [2.45, 2.75) is 6.04 Å². The molecule has 4 heterocycles. The van der Waals surface area contributed by atoms with Gasteiger partial charge in [0.2, 0.25) is 10.8 Å². The second-order valence-corrected chi connectivity index (χ2v) is 8.11. The maximum Gasteiger partial charge on any atom is 0.230 e. The summed E-state index contributed by atoms with van der Waals surface area (Å²) in [6, 6.07) is 11.6. The van der Waals surface area contributed by atoms with Gasteiger partial charge in [-0.1, -0.05) is 29.0 Å². The lowest BCUT2D eigenvalue weighted by molar-refractivity contribution is 0.191. The highest BCUT2D eigenvalue weighted by atomic mass is 35.5. The number of thiazole rings is 1. The Morgan fingerprint density at radius 1 is 1.14 bits per heavy atom. The fourth-order valence-corrected chi connectivity index (χ4v) is 4.96. The Hall–Kier alpha value is -2.55. The standard InChI is InChI=1S/C19H18ClN5O2S/c20-13-3-1-4-14(11-13)23-6-8-24(9-7-23)16(15-5-2-10-27-15)17-18(26)25-19(28-17)21-12-22-25/h1-5,10-12,16,26H,6-9H2/t16-/m0/s1. The van der Waals surface area contributed by atoms with Crippen LogP contribution in [0.15, 0.2) is 53.4 Å². The minimum atomic E-state index is -0.176. The molecule has 5 rings (SSSR count). The van der Waals surface area contributed by atoms with E-state index in [1.807, 2.05) is 30.3 Å². The number of benzene rings is 1. The van der Waals surface area contributed by atoms with Gasteiger partial charge < -0.3 is 14.4 Å². The second kappa shape index (κ2) is 7.12. The lowest BCUT2D eigenvalue weighted by Crippen LogP contribution is -2.47. The average molecular weight is 416 g/mol. The molecule has 0 spiro atoms. The molecule has 1 atom stereocenters. The van der Waals surface area contributed by atoms with Crippen molar-refractivity contribution in [1.82, 2.24) is 19.5 Å². The summed E-state index contributed by atoms with van der Waals surface area (Å²) in [4.78, 5) is 10.3. The Labute approximate surface area is 170 Å². The summed E-state index contributed by atoms with van der Waals surface area (Å²) in [5.41, 5.74) is 1.13. The molecule has 3 aromatic heterocycles. The SMILES string of the molecule is Oc1c([C@H](c2ccco2)N2CCN(c3cccc(Cl)c3)CC2)sc2ncnn12. The lowest BCUT2D eigenvalue weighted by atomic mass is 10.1. The van der Waals surface area contributed by atoms with Crippen molar-refractivity contribution >= 4 is 33.6 Å². The van der Waals surface area contributed by atoms with Crippen LogP contribution in [0.1, 0.15) is 16.7 Å². The van der Waals surface area contributed by atoms with Gasteiger partial charge in [-0.25, -0.2) is 4.98 Å². The first-order chi connectivity index (χ1) is 13.7. The molecule has 0 radical (unpaired) electrons. The first-order valence-electron chi connectivity index (χ1n) is 9.00. The van der Waals surface area contributed by atoms with Crippen LogP contribution in [0.4, 0.5) is 5.69 Å². The largest absolute Gasteiger partial charge is 0.492 e. The van der Waals surface area contributed by atoms with Crippen LogP contribution in [0.25, 0.3) is 4.96 Å². The zero-order valence-corrected chi connectivity index (χ0v) is 16.5. The number of aromatic hydroxyl groups is 1. The quantitative estimate of drug-likeness (QED) is 0.548. The first-order valence-corrected chi connectivity index (χ1v) is 10.2. The molecule has 0 saturated carbocycles. The molecule has 0 bridgehead atoms. The van der Waals surface area contributed by atoms with Crippen molar-refractivity contribution in [2.75, 3.05) is 31.1 Å². The summed E-state index contributed by atoms with van der Waals surface area (Å²) in [6.07, 6.45) is 3.11. The summed E-state index contributed by atoms with van der Waals surface area (Å²) in [7, 11) is 0. The highest BCUT2D eigenvalue weighted by Gasteiger charge is 2.33. The normalized spacial score (nSPS) is 16.7.